The number of aromatic amines is 1. The topological polar surface area (TPSA) is 68.4 Å². The van der Waals surface area contributed by atoms with Crippen molar-refractivity contribution in [1.82, 2.24) is 4.98 Å². The van der Waals surface area contributed by atoms with Crippen molar-refractivity contribution in [2.75, 3.05) is 14.2 Å². The van der Waals surface area contributed by atoms with Crippen LogP contribution in [0.1, 0.15) is 23.5 Å². The van der Waals surface area contributed by atoms with Crippen molar-refractivity contribution in [1.29, 1.82) is 0 Å². The van der Waals surface area contributed by atoms with Crippen LogP contribution in [-0.2, 0) is 14.3 Å². The molecule has 0 aliphatic heterocycles. The van der Waals surface area contributed by atoms with Crippen LogP contribution in [0.4, 0.5) is 0 Å². The highest BCUT2D eigenvalue weighted by atomic mass is 16.5. The van der Waals surface area contributed by atoms with Crippen LogP contribution in [0, 0.1) is 0 Å². The van der Waals surface area contributed by atoms with E-state index in [1.807, 2.05) is 54.7 Å². The van der Waals surface area contributed by atoms with E-state index in [4.69, 9.17) is 4.74 Å². The lowest BCUT2D eigenvalue weighted by Gasteiger charge is -2.16. The van der Waals surface area contributed by atoms with Crippen LogP contribution in [0.15, 0.2) is 54.7 Å². The Morgan fingerprint density at radius 2 is 1.76 bits per heavy atom. The first-order chi connectivity index (χ1) is 12.1. The number of ketones is 1. The SMILES string of the molecule is COC(=O)C(=O)C[C@@H](c1ccc(OC)cc1)c1c[nH]c2ccccc12. The largest absolute Gasteiger partial charge is 0.497 e. The number of hydrogen-bond donors (Lipinski definition) is 1. The maximum absolute atomic E-state index is 12.2. The Balaban J connectivity index is 2.04. The van der Waals surface area contributed by atoms with Gasteiger partial charge < -0.3 is 14.5 Å². The van der Waals surface area contributed by atoms with Crippen LogP contribution in [-0.4, -0.2) is 31.0 Å². The summed E-state index contributed by atoms with van der Waals surface area (Å²) in [5.74, 6) is -0.888. The molecule has 0 unspecified atom stereocenters. The third-order valence-electron chi connectivity index (χ3n) is 4.32. The van der Waals surface area contributed by atoms with Crippen molar-refractivity contribution in [2.24, 2.45) is 0 Å². The molecule has 128 valence electrons. The maximum atomic E-state index is 12.2. The number of H-pyrrole nitrogens is 1. The lowest BCUT2D eigenvalue weighted by atomic mass is 9.87. The second-order valence-electron chi connectivity index (χ2n) is 5.73. The minimum absolute atomic E-state index is 0.0425. The van der Waals surface area contributed by atoms with E-state index in [1.165, 1.54) is 7.11 Å². The highest BCUT2D eigenvalue weighted by Gasteiger charge is 2.25. The molecule has 0 radical (unpaired) electrons. The number of fused-ring (bicyclic) bond motifs is 1. The fraction of sp³-hybridized carbons (Fsp3) is 0.200. The van der Waals surface area contributed by atoms with E-state index in [1.54, 1.807) is 7.11 Å². The van der Waals surface area contributed by atoms with Crippen LogP contribution in [0.2, 0.25) is 0 Å². The van der Waals surface area contributed by atoms with Gasteiger partial charge in [-0.05, 0) is 29.3 Å². The zero-order valence-electron chi connectivity index (χ0n) is 14.1. The number of para-hydroxylation sites is 1. The molecule has 0 fully saturated rings. The zero-order chi connectivity index (χ0) is 17.8. The molecule has 0 aliphatic carbocycles. The minimum atomic E-state index is -0.821. The molecule has 1 atom stereocenters. The average Bonchev–Trinajstić information content (AvgIpc) is 3.09. The monoisotopic (exact) mass is 337 g/mol. The van der Waals surface area contributed by atoms with Crippen LogP contribution in [0.3, 0.4) is 0 Å². The number of nitrogens with one attached hydrogen (secondary N) is 1. The summed E-state index contributed by atoms with van der Waals surface area (Å²) in [7, 11) is 2.82. The lowest BCUT2D eigenvalue weighted by molar-refractivity contribution is -0.151. The first kappa shape index (κ1) is 16.8. The lowest BCUT2D eigenvalue weighted by Crippen LogP contribution is -2.19. The number of aromatic nitrogens is 1. The Kier molecular flexibility index (Phi) is 4.84. The summed E-state index contributed by atoms with van der Waals surface area (Å²) in [6.45, 7) is 0. The Morgan fingerprint density at radius 3 is 2.44 bits per heavy atom. The van der Waals surface area contributed by atoms with E-state index in [0.717, 1.165) is 27.8 Å². The number of Topliss-reactive ketones (excluding diaryl/α,β-unsaturated/α-hetero) is 1. The maximum Gasteiger partial charge on any atom is 0.374 e. The summed E-state index contributed by atoms with van der Waals surface area (Å²) >= 11 is 0. The molecule has 1 N–H and O–H groups in total. The summed E-state index contributed by atoms with van der Waals surface area (Å²) in [6, 6.07) is 15.4. The smallest absolute Gasteiger partial charge is 0.374 e. The summed E-state index contributed by atoms with van der Waals surface area (Å²) < 4.78 is 9.77. The van der Waals surface area contributed by atoms with Gasteiger partial charge in [-0.15, -0.1) is 0 Å². The van der Waals surface area contributed by atoms with Crippen LogP contribution < -0.4 is 4.74 Å². The molecule has 0 saturated heterocycles. The quantitative estimate of drug-likeness (QED) is 0.553. The second kappa shape index (κ2) is 7.21. The molecule has 25 heavy (non-hydrogen) atoms. The molecule has 5 nitrogen and oxygen atoms in total. The highest BCUT2D eigenvalue weighted by molar-refractivity contribution is 6.33. The standard InChI is InChI=1S/C20H19NO4/c1-24-14-9-7-13(8-10-14)16(11-19(22)20(23)25-2)17-12-21-18-6-4-3-5-15(17)18/h3-10,12,16,21H,11H2,1-2H3/t16-/m0/s1. The second-order valence-corrected chi connectivity index (χ2v) is 5.73. The number of rotatable bonds is 6. The van der Waals surface area contributed by atoms with Gasteiger partial charge in [-0.25, -0.2) is 4.79 Å². The van der Waals surface area contributed by atoms with E-state index < -0.39 is 11.8 Å². The normalized spacial score (nSPS) is 11.9. The summed E-state index contributed by atoms with van der Waals surface area (Å²) in [6.07, 6.45) is 1.94. The number of benzene rings is 2. The van der Waals surface area contributed by atoms with E-state index in [9.17, 15) is 9.59 Å². The first-order valence-electron chi connectivity index (χ1n) is 7.95. The van der Waals surface area contributed by atoms with Crippen LogP contribution in [0.25, 0.3) is 10.9 Å². The van der Waals surface area contributed by atoms with E-state index >= 15 is 0 Å². The average molecular weight is 337 g/mol. The third kappa shape index (κ3) is 3.40. The van der Waals surface area contributed by atoms with Gasteiger partial charge in [-0.1, -0.05) is 30.3 Å². The number of carbonyl (C=O) groups is 2. The fourth-order valence-corrected chi connectivity index (χ4v) is 3.01. The third-order valence-corrected chi connectivity index (χ3v) is 4.32. The predicted octanol–water partition coefficient (Wildman–Crippen LogP) is 3.44. The molecule has 0 amide bonds. The molecule has 3 rings (SSSR count). The van der Waals surface area contributed by atoms with Crippen molar-refractivity contribution in [3.05, 3.63) is 65.9 Å². The first-order valence-corrected chi connectivity index (χ1v) is 7.95. The molecule has 0 aliphatic rings. The Hall–Kier alpha value is -3.08. The predicted molar refractivity (Wildman–Crippen MR) is 94.8 cm³/mol. The Morgan fingerprint density at radius 1 is 1.04 bits per heavy atom. The molecule has 0 spiro atoms. The molecule has 3 aromatic rings. The summed E-state index contributed by atoms with van der Waals surface area (Å²) in [5.41, 5.74) is 2.89. The molecule has 2 aromatic carbocycles. The van der Waals surface area contributed by atoms with Crippen LogP contribution in [0.5, 0.6) is 5.75 Å². The molecule has 5 heteroatoms. The molecule has 1 heterocycles. The minimum Gasteiger partial charge on any atom is -0.497 e. The van der Waals surface area contributed by atoms with Gasteiger partial charge in [0, 0.05) is 29.4 Å². The number of methoxy groups -OCH3 is 2. The van der Waals surface area contributed by atoms with Crippen molar-refractivity contribution in [2.45, 2.75) is 12.3 Å². The Bertz CT molecular complexity index is 895. The summed E-state index contributed by atoms with van der Waals surface area (Å²) in [4.78, 5) is 27.0. The zero-order valence-corrected chi connectivity index (χ0v) is 14.1. The van der Waals surface area contributed by atoms with Gasteiger partial charge in [-0.2, -0.15) is 0 Å². The van der Waals surface area contributed by atoms with Crippen molar-refractivity contribution < 1.29 is 19.1 Å². The van der Waals surface area contributed by atoms with Gasteiger partial charge in [0.2, 0.25) is 5.78 Å². The molecular weight excluding hydrogens is 318 g/mol. The van der Waals surface area contributed by atoms with Gasteiger partial charge in [0.05, 0.1) is 14.2 Å². The number of hydrogen-bond acceptors (Lipinski definition) is 4. The van der Waals surface area contributed by atoms with Gasteiger partial charge in [0.25, 0.3) is 0 Å². The van der Waals surface area contributed by atoms with Crippen molar-refractivity contribution in [3.63, 3.8) is 0 Å². The molecule has 0 bridgehead atoms. The van der Waals surface area contributed by atoms with E-state index in [2.05, 4.69) is 9.72 Å². The number of carbonyl (C=O) groups excluding carboxylic acids is 2. The highest BCUT2D eigenvalue weighted by Crippen LogP contribution is 2.34. The van der Waals surface area contributed by atoms with E-state index in [-0.39, 0.29) is 12.3 Å². The molecular formula is C20H19NO4. The van der Waals surface area contributed by atoms with Gasteiger partial charge >= 0.3 is 5.97 Å². The van der Waals surface area contributed by atoms with Crippen LogP contribution >= 0.6 is 0 Å². The molecule has 0 saturated carbocycles. The van der Waals surface area contributed by atoms with Gasteiger partial charge in [0.15, 0.2) is 0 Å². The van der Waals surface area contributed by atoms with E-state index in [0.29, 0.717) is 0 Å². The fourth-order valence-electron chi connectivity index (χ4n) is 3.01. The number of ether oxygens (including phenoxy) is 2. The van der Waals surface area contributed by atoms with Crippen molar-refractivity contribution in [3.8, 4) is 5.75 Å². The van der Waals surface area contributed by atoms with Gasteiger partial charge in [-0.3, -0.25) is 4.79 Å². The van der Waals surface area contributed by atoms with Crippen molar-refractivity contribution >= 4 is 22.7 Å². The Labute approximate surface area is 145 Å². The molecule has 1 aromatic heterocycles. The number of esters is 1. The summed E-state index contributed by atoms with van der Waals surface area (Å²) in [5, 5.41) is 1.03. The van der Waals surface area contributed by atoms with Gasteiger partial charge in [0.1, 0.15) is 5.75 Å².